The Morgan fingerprint density at radius 1 is 0.554 bits per heavy atom. The van der Waals surface area contributed by atoms with Gasteiger partial charge in [0.1, 0.15) is 24.4 Å². The average Bonchev–Trinajstić information content (AvgIpc) is 3.31. The van der Waals surface area contributed by atoms with Crippen molar-refractivity contribution in [2.75, 3.05) is 13.2 Å². The summed E-state index contributed by atoms with van der Waals surface area (Å²) >= 11 is 0. The van der Waals surface area contributed by atoms with Crippen LogP contribution < -0.4 is 5.32 Å². The van der Waals surface area contributed by atoms with Crippen molar-refractivity contribution in [3.8, 4) is 0 Å². The van der Waals surface area contributed by atoms with Crippen LogP contribution in [0.4, 0.5) is 0 Å². The Morgan fingerprint density at radius 2 is 0.985 bits per heavy atom. The summed E-state index contributed by atoms with van der Waals surface area (Å²) in [5.74, 6) is -0.197. The smallest absolute Gasteiger partial charge is 0.220 e. The van der Waals surface area contributed by atoms with Crippen LogP contribution in [0.1, 0.15) is 194 Å². The fourth-order valence-corrected chi connectivity index (χ4v) is 7.63. The molecule has 0 aromatic rings. The highest BCUT2D eigenvalue weighted by Gasteiger charge is 2.44. The molecule has 372 valence electrons. The third kappa shape index (κ3) is 35.0. The number of hydrogen-bond donors (Lipinski definition) is 6. The second kappa shape index (κ2) is 44.9. The molecule has 0 aliphatic carbocycles. The van der Waals surface area contributed by atoms with E-state index in [0.29, 0.717) is 6.42 Å². The number of ether oxygens (including phenoxy) is 2. The Balaban J connectivity index is 2.11. The van der Waals surface area contributed by atoms with E-state index in [4.69, 9.17) is 9.47 Å². The van der Waals surface area contributed by atoms with Crippen LogP contribution in [-0.2, 0) is 14.3 Å². The number of nitrogens with one attached hydrogen (secondary N) is 1. The third-order valence-corrected chi connectivity index (χ3v) is 11.7. The van der Waals surface area contributed by atoms with Gasteiger partial charge in [-0.15, -0.1) is 0 Å². The van der Waals surface area contributed by atoms with E-state index in [1.165, 1.54) is 96.3 Å². The first kappa shape index (κ1) is 60.1. The number of aliphatic hydroxyl groups is 5. The van der Waals surface area contributed by atoms with Crippen molar-refractivity contribution in [2.45, 2.75) is 236 Å². The molecule has 0 radical (unpaired) electrons. The number of amides is 1. The third-order valence-electron chi connectivity index (χ3n) is 11.7. The summed E-state index contributed by atoms with van der Waals surface area (Å²) in [6, 6.07) is -0.830. The van der Waals surface area contributed by atoms with E-state index < -0.39 is 49.5 Å². The molecule has 0 bridgehead atoms. The van der Waals surface area contributed by atoms with Gasteiger partial charge in [-0.3, -0.25) is 4.79 Å². The summed E-state index contributed by atoms with van der Waals surface area (Å²) in [4.78, 5) is 13.0. The van der Waals surface area contributed by atoms with Crippen LogP contribution in [0, 0.1) is 0 Å². The minimum Gasteiger partial charge on any atom is -0.394 e. The van der Waals surface area contributed by atoms with E-state index in [2.05, 4.69) is 91.2 Å². The summed E-state index contributed by atoms with van der Waals surface area (Å²) in [6.07, 6.45) is 58.0. The Bertz CT molecular complexity index is 1330. The summed E-state index contributed by atoms with van der Waals surface area (Å²) in [5.41, 5.74) is 0. The number of rotatable bonds is 42. The van der Waals surface area contributed by atoms with Crippen molar-refractivity contribution in [2.24, 2.45) is 0 Å². The fraction of sp³-hybridized carbons (Fsp3) is 0.696. The average molecular weight is 910 g/mol. The van der Waals surface area contributed by atoms with Crippen molar-refractivity contribution < 1.29 is 39.8 Å². The molecule has 9 nitrogen and oxygen atoms in total. The molecule has 9 heteroatoms. The lowest BCUT2D eigenvalue weighted by Gasteiger charge is -2.40. The van der Waals surface area contributed by atoms with Gasteiger partial charge in [0.15, 0.2) is 6.29 Å². The number of carbonyl (C=O) groups is 1. The second-order valence-corrected chi connectivity index (χ2v) is 17.6. The SMILES string of the molecule is C/C=C/CC/C=C/CC/C=C/C(O)C(COC1OC(CO)C(O)C(O)C1O)NC(=O)CCCCCCCCCCCCCCCCCCC/C=C\C/C=C\C/C=C\C/C=C\C/C=C\CC. The van der Waals surface area contributed by atoms with Crippen molar-refractivity contribution in [3.05, 3.63) is 97.2 Å². The van der Waals surface area contributed by atoms with E-state index >= 15 is 0 Å². The first-order valence-corrected chi connectivity index (χ1v) is 25.9. The number of unbranched alkanes of at least 4 members (excludes halogenated alkanes) is 19. The van der Waals surface area contributed by atoms with E-state index in [1.54, 1.807) is 6.08 Å². The normalized spacial score (nSPS) is 20.8. The summed E-state index contributed by atoms with van der Waals surface area (Å²) in [6.45, 7) is 3.39. The zero-order valence-electron chi connectivity index (χ0n) is 41.0. The number of aliphatic hydroxyl groups excluding tert-OH is 5. The van der Waals surface area contributed by atoms with E-state index in [-0.39, 0.29) is 12.5 Å². The minimum atomic E-state index is -1.58. The molecular formula is C56H95NO8. The Hall–Kier alpha value is -2.89. The van der Waals surface area contributed by atoms with Crippen LogP contribution in [0.3, 0.4) is 0 Å². The molecule has 0 spiro atoms. The molecule has 7 atom stereocenters. The summed E-state index contributed by atoms with van der Waals surface area (Å²) in [5, 5.41) is 54.1. The molecule has 1 saturated heterocycles. The van der Waals surface area contributed by atoms with Gasteiger partial charge >= 0.3 is 0 Å². The molecule has 0 aromatic carbocycles. The summed E-state index contributed by atoms with van der Waals surface area (Å²) < 4.78 is 11.2. The van der Waals surface area contributed by atoms with Crippen LogP contribution in [0.2, 0.25) is 0 Å². The zero-order chi connectivity index (χ0) is 47.3. The highest BCUT2D eigenvalue weighted by molar-refractivity contribution is 5.76. The molecular weight excluding hydrogens is 815 g/mol. The van der Waals surface area contributed by atoms with Crippen molar-refractivity contribution in [1.82, 2.24) is 5.32 Å². The van der Waals surface area contributed by atoms with Gasteiger partial charge in [0.2, 0.25) is 5.91 Å². The van der Waals surface area contributed by atoms with E-state index in [0.717, 1.165) is 77.0 Å². The Kier molecular flexibility index (Phi) is 41.6. The monoisotopic (exact) mass is 910 g/mol. The number of hydrogen-bond acceptors (Lipinski definition) is 8. The first-order chi connectivity index (χ1) is 31.8. The lowest BCUT2D eigenvalue weighted by Crippen LogP contribution is -2.60. The molecule has 1 aliphatic rings. The standard InChI is InChI=1S/C56H95NO8/c1-3-5-7-9-11-13-14-15-16-17-18-19-20-21-22-23-24-25-26-27-28-29-30-31-32-33-34-35-36-38-40-42-44-46-52(60)57-49(50(59)45-43-41-39-37-12-10-8-6-4-2)48-64-56-55(63)54(62)53(61)51(47-58)65-56/h4-7,11-13,15-16,18-19,21-22,37,43,45,49-51,53-56,58-59,61-63H,3,8-10,14,17,20,23-36,38-42,44,46-48H2,1-2H3,(H,57,60)/b6-4+,7-5-,13-11-,16-15-,19-18-,22-21-,37-12+,45-43+. The summed E-state index contributed by atoms with van der Waals surface area (Å²) in [7, 11) is 0. The molecule has 0 saturated carbocycles. The lowest BCUT2D eigenvalue weighted by molar-refractivity contribution is -0.302. The van der Waals surface area contributed by atoms with Gasteiger partial charge in [0.25, 0.3) is 0 Å². The quantitative estimate of drug-likeness (QED) is 0.0262. The molecule has 65 heavy (non-hydrogen) atoms. The predicted molar refractivity (Wildman–Crippen MR) is 271 cm³/mol. The molecule has 6 N–H and O–H groups in total. The second-order valence-electron chi connectivity index (χ2n) is 17.6. The van der Waals surface area contributed by atoms with Crippen molar-refractivity contribution >= 4 is 5.91 Å². The highest BCUT2D eigenvalue weighted by Crippen LogP contribution is 2.23. The molecule has 1 aliphatic heterocycles. The van der Waals surface area contributed by atoms with Crippen LogP contribution >= 0.6 is 0 Å². The van der Waals surface area contributed by atoms with Gasteiger partial charge < -0.3 is 40.3 Å². The molecule has 1 amide bonds. The highest BCUT2D eigenvalue weighted by atomic mass is 16.7. The van der Waals surface area contributed by atoms with Gasteiger partial charge in [-0.25, -0.2) is 0 Å². The maximum Gasteiger partial charge on any atom is 0.220 e. The molecule has 7 unspecified atom stereocenters. The van der Waals surface area contributed by atoms with Crippen LogP contribution in [-0.4, -0.2) is 87.5 Å². The largest absolute Gasteiger partial charge is 0.394 e. The maximum atomic E-state index is 13.0. The van der Waals surface area contributed by atoms with Crippen LogP contribution in [0.15, 0.2) is 97.2 Å². The Morgan fingerprint density at radius 3 is 1.48 bits per heavy atom. The van der Waals surface area contributed by atoms with Gasteiger partial charge in [-0.1, -0.05) is 200 Å². The van der Waals surface area contributed by atoms with Gasteiger partial charge in [0, 0.05) is 6.42 Å². The van der Waals surface area contributed by atoms with Crippen molar-refractivity contribution in [1.29, 1.82) is 0 Å². The van der Waals surface area contributed by atoms with Crippen molar-refractivity contribution in [3.63, 3.8) is 0 Å². The predicted octanol–water partition coefficient (Wildman–Crippen LogP) is 12.1. The van der Waals surface area contributed by atoms with Gasteiger partial charge in [-0.05, 0) is 84.0 Å². The molecule has 1 fully saturated rings. The number of allylic oxidation sites excluding steroid dienone is 15. The topological polar surface area (TPSA) is 149 Å². The minimum absolute atomic E-state index is 0.197. The van der Waals surface area contributed by atoms with E-state index in [9.17, 15) is 30.3 Å². The fourth-order valence-electron chi connectivity index (χ4n) is 7.63. The van der Waals surface area contributed by atoms with Crippen LogP contribution in [0.5, 0.6) is 0 Å². The molecule has 1 heterocycles. The van der Waals surface area contributed by atoms with Gasteiger partial charge in [-0.2, -0.15) is 0 Å². The molecule has 0 aromatic heterocycles. The first-order valence-electron chi connectivity index (χ1n) is 25.9. The Labute approximate surface area is 396 Å². The van der Waals surface area contributed by atoms with Crippen LogP contribution in [0.25, 0.3) is 0 Å². The lowest BCUT2D eigenvalue weighted by atomic mass is 9.99. The zero-order valence-corrected chi connectivity index (χ0v) is 41.0. The maximum absolute atomic E-state index is 13.0. The van der Waals surface area contributed by atoms with Gasteiger partial charge in [0.05, 0.1) is 25.4 Å². The molecule has 1 rings (SSSR count). The van der Waals surface area contributed by atoms with E-state index in [1.807, 2.05) is 19.1 Å². The number of carbonyl (C=O) groups excluding carboxylic acids is 1.